The van der Waals surface area contributed by atoms with Gasteiger partial charge in [0.2, 0.25) is 0 Å². The van der Waals surface area contributed by atoms with Gasteiger partial charge < -0.3 is 49.4 Å². The Balaban J connectivity index is 0.00000352. The number of phenols is 2. The number of anilines is 2. The van der Waals surface area contributed by atoms with Crippen molar-refractivity contribution in [3.8, 4) is 34.1 Å². The van der Waals surface area contributed by atoms with Crippen LogP contribution in [0, 0.1) is 0 Å². The van der Waals surface area contributed by atoms with E-state index in [1.165, 1.54) is 50.6 Å². The molecule has 0 heterocycles. The summed E-state index contributed by atoms with van der Waals surface area (Å²) in [6, 6.07) is 12.9. The molecule has 0 unspecified atom stereocenters. The Morgan fingerprint density at radius 2 is 0.812 bits per heavy atom. The van der Waals surface area contributed by atoms with Crippen LogP contribution in [0.4, 0.5) is 34.1 Å². The first-order valence-corrected chi connectivity index (χ1v) is 21.7. The Morgan fingerprint density at radius 3 is 1.09 bits per heavy atom. The van der Waals surface area contributed by atoms with Crippen molar-refractivity contribution >= 4 is 96.1 Å². The zero-order valence-electron chi connectivity index (χ0n) is 34.1. The topological polar surface area (TPSA) is 389 Å². The Morgan fingerprint density at radius 1 is 0.484 bits per heavy atom. The van der Waals surface area contributed by atoms with Crippen LogP contribution in [0.2, 0.25) is 0 Å². The number of hydrogen-bond donors (Lipinski definition) is 4. The van der Waals surface area contributed by atoms with E-state index >= 15 is 0 Å². The number of azo groups is 2. The van der Waals surface area contributed by atoms with Crippen molar-refractivity contribution in [3.63, 3.8) is 0 Å². The smallest absolute Gasteiger partial charge is 0.744 e. The van der Waals surface area contributed by atoms with Crippen molar-refractivity contribution in [3.05, 3.63) is 72.8 Å². The normalized spacial score (nSPS) is 12.0. The van der Waals surface area contributed by atoms with Crippen LogP contribution in [0.1, 0.15) is 0 Å². The van der Waals surface area contributed by atoms with Crippen molar-refractivity contribution in [1.29, 1.82) is 0 Å². The van der Waals surface area contributed by atoms with Gasteiger partial charge in [0.1, 0.15) is 74.7 Å². The first-order valence-electron chi connectivity index (χ1n) is 16.1. The average molecular weight is 993 g/mol. The van der Waals surface area contributed by atoms with Gasteiger partial charge in [0, 0.05) is 22.1 Å². The molecule has 0 saturated carbocycles. The van der Waals surface area contributed by atoms with Crippen molar-refractivity contribution < 1.29 is 190 Å². The van der Waals surface area contributed by atoms with E-state index in [0.29, 0.717) is 23.3 Å². The quantitative estimate of drug-likeness (QED) is 0.0405. The number of nitrogen functional groups attached to an aromatic ring is 2. The number of methoxy groups -OCH3 is 2. The minimum absolute atomic E-state index is 0. The second-order valence-electron chi connectivity index (χ2n) is 12.4. The van der Waals surface area contributed by atoms with E-state index in [9.17, 15) is 62.1 Å². The van der Waals surface area contributed by atoms with Crippen molar-refractivity contribution in [2.45, 2.75) is 19.6 Å². The molecule has 6 rings (SSSR count). The molecule has 30 heteroatoms. The van der Waals surface area contributed by atoms with Gasteiger partial charge in [-0.15, -0.1) is 20.5 Å². The molecule has 0 amide bonds. The third-order valence-corrected chi connectivity index (χ3v) is 12.0. The van der Waals surface area contributed by atoms with Gasteiger partial charge in [0.25, 0.3) is 0 Å². The van der Waals surface area contributed by atoms with E-state index in [-0.39, 0.29) is 163 Å². The summed E-state index contributed by atoms with van der Waals surface area (Å²) in [5.41, 5.74) is 9.88. The minimum atomic E-state index is -5.40. The van der Waals surface area contributed by atoms with E-state index in [4.69, 9.17) is 20.9 Å². The summed E-state index contributed by atoms with van der Waals surface area (Å²) in [4.78, 5) is -3.93. The predicted molar refractivity (Wildman–Crippen MR) is 205 cm³/mol. The molecule has 0 bridgehead atoms. The first kappa shape index (κ1) is 57.6. The van der Waals surface area contributed by atoms with E-state index in [1.54, 1.807) is 0 Å². The van der Waals surface area contributed by atoms with Crippen LogP contribution < -0.4 is 139 Å². The van der Waals surface area contributed by atoms with Crippen molar-refractivity contribution in [1.82, 2.24) is 0 Å². The van der Waals surface area contributed by atoms with Gasteiger partial charge in [-0.25, -0.2) is 33.7 Å². The summed E-state index contributed by atoms with van der Waals surface area (Å²) in [7, 11) is -18.5. The van der Waals surface area contributed by atoms with Gasteiger partial charge in [0.05, 0.1) is 33.8 Å². The maximum atomic E-state index is 12.2. The van der Waals surface area contributed by atoms with Crippen LogP contribution in [0.15, 0.2) is 113 Å². The van der Waals surface area contributed by atoms with Crippen LogP contribution in [0.25, 0.3) is 32.7 Å². The monoisotopic (exact) mass is 992 g/mol. The third kappa shape index (κ3) is 12.1. The van der Waals surface area contributed by atoms with E-state index < -0.39 is 94.3 Å². The molecular formula is C34H24N6Na4O16S4. The molecule has 0 aromatic heterocycles. The fourth-order valence-electron chi connectivity index (χ4n) is 5.93. The molecule has 0 atom stereocenters. The Hall–Kier alpha value is -2.52. The first-order chi connectivity index (χ1) is 27.8. The number of nitrogens with zero attached hydrogens (tertiary/aromatic N) is 4. The molecule has 6 aromatic rings. The van der Waals surface area contributed by atoms with E-state index in [1.807, 2.05) is 0 Å². The summed E-state index contributed by atoms with van der Waals surface area (Å²) in [6.45, 7) is 0. The number of phenolic OH excluding ortho intramolecular Hbond substituents is 2. The minimum Gasteiger partial charge on any atom is -0.744 e. The molecule has 0 aliphatic rings. The summed E-state index contributed by atoms with van der Waals surface area (Å²) in [6.07, 6.45) is 0. The molecule has 0 saturated heterocycles. The molecule has 6 N–H and O–H groups in total. The maximum Gasteiger partial charge on any atom is 1.00 e. The van der Waals surface area contributed by atoms with Gasteiger partial charge in [-0.1, -0.05) is 12.1 Å². The molecule has 6 aromatic carbocycles. The van der Waals surface area contributed by atoms with Gasteiger partial charge in [-0.05, 0) is 82.6 Å². The molecule has 64 heavy (non-hydrogen) atoms. The van der Waals surface area contributed by atoms with Gasteiger partial charge in [-0.3, -0.25) is 0 Å². The van der Waals surface area contributed by atoms with Crippen molar-refractivity contribution in [2.24, 2.45) is 20.5 Å². The number of fused-ring (bicyclic) bond motifs is 2. The number of benzene rings is 6. The molecule has 0 radical (unpaired) electrons. The standard InChI is InChI=1S/C34H28N6O16S4.4Na/c1-55-25-9-15(3-5-23(25)37-39-31-27(59(49,50)51)11-17-7-19(57(43,44)45)13-21(35)29(17)33(31)41)16-4-6-24(26(10-16)56-2)38-40-32-28(60(52,53)54)12-18-8-20(58(46,47)48)14-22(36)30(18)34(32)42;;;;/h3-14,41-42H,35-36H2,1-2H3,(H,43,44,45)(H,46,47,48)(H,49,50,51)(H,52,53,54);;;;/q;4*+1/p-4/b39-37+,40-38+;;;;. The van der Waals surface area contributed by atoms with Gasteiger partial charge >= 0.3 is 118 Å². The SMILES string of the molecule is COc1cc(-c2ccc(/N=N/c3c(S(=O)(=O)[O-])cc4cc(S(=O)(=O)[O-])cc(N)c4c3O)c(OC)c2)ccc1/N=N/c1c(S(=O)(=O)[O-])cc2cc(S(=O)(=O)[O-])cc(N)c2c1O.[Na+].[Na+].[Na+].[Na+]. The maximum absolute atomic E-state index is 12.2. The second kappa shape index (κ2) is 21.6. The molecule has 314 valence electrons. The molecule has 0 spiro atoms. The van der Waals surface area contributed by atoms with Crippen LogP contribution in [0.5, 0.6) is 23.0 Å². The van der Waals surface area contributed by atoms with E-state index in [2.05, 4.69) is 20.5 Å². The Bertz CT molecular complexity index is 3140. The number of ether oxygens (including phenoxy) is 2. The number of aromatic hydroxyl groups is 2. The zero-order chi connectivity index (χ0) is 44.3. The molecular weight excluding hydrogens is 969 g/mol. The summed E-state index contributed by atoms with van der Waals surface area (Å²) >= 11 is 0. The van der Waals surface area contributed by atoms with Crippen molar-refractivity contribution in [2.75, 3.05) is 25.7 Å². The number of rotatable bonds is 11. The fraction of sp³-hybridized carbons (Fsp3) is 0.0588. The predicted octanol–water partition coefficient (Wildman–Crippen LogP) is -7.28. The fourth-order valence-corrected chi connectivity index (χ4v) is 8.31. The van der Waals surface area contributed by atoms with Gasteiger partial charge in [0.15, 0.2) is 11.5 Å². The molecule has 0 fully saturated rings. The number of nitrogens with two attached hydrogens (primary N) is 2. The van der Waals surface area contributed by atoms with E-state index in [0.717, 1.165) is 24.3 Å². The Kier molecular flexibility index (Phi) is 19.5. The zero-order valence-corrected chi connectivity index (χ0v) is 45.4. The van der Waals surface area contributed by atoms with Crippen LogP contribution in [-0.4, -0.2) is 76.3 Å². The average Bonchev–Trinajstić information content (AvgIpc) is 3.14. The Labute approximate surface area is 452 Å². The summed E-state index contributed by atoms with van der Waals surface area (Å²) in [5.74, 6) is -1.88. The van der Waals surface area contributed by atoms with Crippen LogP contribution >= 0.6 is 0 Å². The van der Waals surface area contributed by atoms with Crippen LogP contribution in [-0.2, 0) is 40.5 Å². The molecule has 0 aliphatic heterocycles. The summed E-state index contributed by atoms with van der Waals surface area (Å²) in [5, 5.41) is 36.0. The number of hydrogen-bond acceptors (Lipinski definition) is 22. The summed E-state index contributed by atoms with van der Waals surface area (Å²) < 4.78 is 153. The molecule has 0 aliphatic carbocycles. The third-order valence-electron chi connectivity index (χ3n) is 8.63. The second-order valence-corrected chi connectivity index (χ2v) is 17.8. The van der Waals surface area contributed by atoms with Crippen LogP contribution in [0.3, 0.4) is 0 Å². The van der Waals surface area contributed by atoms with Gasteiger partial charge in [-0.2, -0.15) is 0 Å². The largest absolute Gasteiger partial charge is 1.00 e. The molecule has 22 nitrogen and oxygen atoms in total.